The van der Waals surface area contributed by atoms with Gasteiger partial charge in [-0.15, -0.1) is 0 Å². The largest absolute Gasteiger partial charge is 0.377 e. The van der Waals surface area contributed by atoms with Crippen molar-refractivity contribution in [3.63, 3.8) is 0 Å². The van der Waals surface area contributed by atoms with Gasteiger partial charge < -0.3 is 9.30 Å². The molecule has 1 aliphatic rings. The number of nitrogens with zero attached hydrogens (tertiary/aromatic N) is 1. The minimum Gasteiger partial charge on any atom is -0.377 e. The number of hydrogen-bond donors (Lipinski definition) is 0. The van der Waals surface area contributed by atoms with Gasteiger partial charge in [-0.3, -0.25) is 4.79 Å². The normalized spacial score (nSPS) is 17.8. The van der Waals surface area contributed by atoms with Gasteiger partial charge in [-0.05, 0) is 6.07 Å². The van der Waals surface area contributed by atoms with Crippen LogP contribution in [0.4, 0.5) is 0 Å². The molecular weight excluding hydrogens is 142 g/mol. The summed E-state index contributed by atoms with van der Waals surface area (Å²) in [5.74, 6) is 0. The first-order valence-electron chi connectivity index (χ1n) is 3.63. The second kappa shape index (κ2) is 2.51. The van der Waals surface area contributed by atoms with Crippen LogP contribution in [0.2, 0.25) is 0 Å². The third kappa shape index (κ3) is 1.07. The van der Waals surface area contributed by atoms with E-state index in [-0.39, 0.29) is 11.6 Å². The van der Waals surface area contributed by atoms with E-state index >= 15 is 0 Å². The molecule has 1 aromatic rings. The summed E-state index contributed by atoms with van der Waals surface area (Å²) in [5, 5.41) is 0. The molecule has 0 aromatic carbocycles. The molecular formula is C8H9NO2. The first kappa shape index (κ1) is 6.61. The van der Waals surface area contributed by atoms with E-state index in [0.717, 1.165) is 0 Å². The third-order valence-corrected chi connectivity index (χ3v) is 1.86. The second-order valence-corrected chi connectivity index (χ2v) is 2.64. The SMILES string of the molecule is O=c1ccccn1C1COC1. The van der Waals surface area contributed by atoms with Crippen LogP contribution in [0.25, 0.3) is 0 Å². The van der Waals surface area contributed by atoms with Crippen LogP contribution in [-0.2, 0) is 4.74 Å². The molecule has 0 atom stereocenters. The minimum absolute atomic E-state index is 0.0563. The average Bonchev–Trinajstić information content (AvgIpc) is 1.90. The summed E-state index contributed by atoms with van der Waals surface area (Å²) >= 11 is 0. The molecule has 0 bridgehead atoms. The molecule has 3 heteroatoms. The van der Waals surface area contributed by atoms with Crippen LogP contribution in [-0.4, -0.2) is 17.8 Å². The Morgan fingerprint density at radius 3 is 2.82 bits per heavy atom. The van der Waals surface area contributed by atoms with E-state index in [9.17, 15) is 4.79 Å². The quantitative estimate of drug-likeness (QED) is 0.582. The van der Waals surface area contributed by atoms with Crippen molar-refractivity contribution in [1.82, 2.24) is 4.57 Å². The number of hydrogen-bond acceptors (Lipinski definition) is 2. The topological polar surface area (TPSA) is 31.2 Å². The Morgan fingerprint density at radius 2 is 2.27 bits per heavy atom. The number of ether oxygens (including phenoxy) is 1. The molecule has 1 aromatic heterocycles. The Kier molecular flexibility index (Phi) is 1.51. The van der Waals surface area contributed by atoms with Gasteiger partial charge in [0.1, 0.15) is 0 Å². The molecule has 0 radical (unpaired) electrons. The number of rotatable bonds is 1. The van der Waals surface area contributed by atoms with Gasteiger partial charge in [0.05, 0.1) is 19.3 Å². The van der Waals surface area contributed by atoms with Crippen LogP contribution >= 0.6 is 0 Å². The molecule has 0 N–H and O–H groups in total. The van der Waals surface area contributed by atoms with E-state index in [1.807, 2.05) is 6.07 Å². The Labute approximate surface area is 64.2 Å². The number of pyridine rings is 1. The Bertz CT molecular complexity index is 301. The van der Waals surface area contributed by atoms with Gasteiger partial charge in [0.25, 0.3) is 5.56 Å². The molecule has 3 nitrogen and oxygen atoms in total. The Balaban J connectivity index is 2.36. The molecule has 0 aliphatic carbocycles. The summed E-state index contributed by atoms with van der Waals surface area (Å²) < 4.78 is 6.70. The van der Waals surface area contributed by atoms with Gasteiger partial charge in [0, 0.05) is 12.3 Å². The maximum Gasteiger partial charge on any atom is 0.250 e. The zero-order chi connectivity index (χ0) is 7.68. The van der Waals surface area contributed by atoms with Gasteiger partial charge >= 0.3 is 0 Å². The highest BCUT2D eigenvalue weighted by molar-refractivity contribution is 4.96. The fraction of sp³-hybridized carbons (Fsp3) is 0.375. The first-order chi connectivity index (χ1) is 5.38. The van der Waals surface area contributed by atoms with Crippen molar-refractivity contribution >= 4 is 0 Å². The monoisotopic (exact) mass is 151 g/mol. The van der Waals surface area contributed by atoms with Crippen LogP contribution in [0, 0.1) is 0 Å². The fourth-order valence-corrected chi connectivity index (χ4v) is 1.13. The highest BCUT2D eigenvalue weighted by Crippen LogP contribution is 2.13. The first-order valence-corrected chi connectivity index (χ1v) is 3.63. The summed E-state index contributed by atoms with van der Waals surface area (Å²) in [5.41, 5.74) is 0.0563. The molecule has 1 aliphatic heterocycles. The zero-order valence-electron chi connectivity index (χ0n) is 6.06. The van der Waals surface area contributed by atoms with E-state index < -0.39 is 0 Å². The zero-order valence-corrected chi connectivity index (χ0v) is 6.06. The standard InChI is InChI=1S/C8H9NO2/c10-8-3-1-2-4-9(8)7-5-11-6-7/h1-4,7H,5-6H2. The Hall–Kier alpha value is -1.09. The third-order valence-electron chi connectivity index (χ3n) is 1.86. The predicted octanol–water partition coefficient (Wildman–Crippen LogP) is 0.420. The van der Waals surface area contributed by atoms with E-state index in [2.05, 4.69) is 0 Å². The minimum atomic E-state index is 0.0563. The maximum atomic E-state index is 11.2. The molecule has 2 heterocycles. The lowest BCUT2D eigenvalue weighted by atomic mass is 10.2. The predicted molar refractivity (Wildman–Crippen MR) is 40.6 cm³/mol. The lowest BCUT2D eigenvalue weighted by Crippen LogP contribution is -2.36. The molecule has 0 spiro atoms. The van der Waals surface area contributed by atoms with Crippen molar-refractivity contribution in [3.8, 4) is 0 Å². The van der Waals surface area contributed by atoms with Gasteiger partial charge in [0.2, 0.25) is 0 Å². The Morgan fingerprint density at radius 1 is 1.45 bits per heavy atom. The van der Waals surface area contributed by atoms with Gasteiger partial charge in [-0.2, -0.15) is 0 Å². The molecule has 11 heavy (non-hydrogen) atoms. The average molecular weight is 151 g/mol. The van der Waals surface area contributed by atoms with Crippen molar-refractivity contribution in [2.75, 3.05) is 13.2 Å². The van der Waals surface area contributed by atoms with E-state index in [1.54, 1.807) is 22.9 Å². The van der Waals surface area contributed by atoms with Crippen LogP contribution in [0.1, 0.15) is 6.04 Å². The van der Waals surface area contributed by atoms with Crippen molar-refractivity contribution < 1.29 is 4.74 Å². The van der Waals surface area contributed by atoms with E-state index in [0.29, 0.717) is 13.2 Å². The summed E-state index contributed by atoms with van der Waals surface area (Å²) in [4.78, 5) is 11.2. The molecule has 2 rings (SSSR count). The lowest BCUT2D eigenvalue weighted by molar-refractivity contribution is -0.0248. The summed E-state index contributed by atoms with van der Waals surface area (Å²) in [6.07, 6.45) is 1.80. The van der Waals surface area contributed by atoms with Gasteiger partial charge in [-0.1, -0.05) is 6.07 Å². The van der Waals surface area contributed by atoms with Crippen LogP contribution in [0.5, 0.6) is 0 Å². The van der Waals surface area contributed by atoms with Crippen LogP contribution in [0.15, 0.2) is 29.2 Å². The fourth-order valence-electron chi connectivity index (χ4n) is 1.13. The highest BCUT2D eigenvalue weighted by Gasteiger charge is 2.20. The lowest BCUT2D eigenvalue weighted by Gasteiger charge is -2.27. The van der Waals surface area contributed by atoms with Crippen LogP contribution in [0.3, 0.4) is 0 Å². The summed E-state index contributed by atoms with van der Waals surface area (Å²) in [7, 11) is 0. The van der Waals surface area contributed by atoms with Crippen molar-refractivity contribution in [1.29, 1.82) is 0 Å². The molecule has 0 amide bonds. The number of aromatic nitrogens is 1. The molecule has 0 unspecified atom stereocenters. The maximum absolute atomic E-state index is 11.2. The van der Waals surface area contributed by atoms with Gasteiger partial charge in [0.15, 0.2) is 0 Å². The van der Waals surface area contributed by atoms with Crippen molar-refractivity contribution in [2.45, 2.75) is 6.04 Å². The van der Waals surface area contributed by atoms with E-state index in [4.69, 9.17) is 4.74 Å². The molecule has 0 saturated carbocycles. The van der Waals surface area contributed by atoms with Gasteiger partial charge in [-0.25, -0.2) is 0 Å². The summed E-state index contributed by atoms with van der Waals surface area (Å²) in [6.45, 7) is 1.34. The second-order valence-electron chi connectivity index (χ2n) is 2.64. The van der Waals surface area contributed by atoms with E-state index in [1.165, 1.54) is 0 Å². The molecule has 58 valence electrons. The molecule has 1 saturated heterocycles. The van der Waals surface area contributed by atoms with Crippen LogP contribution < -0.4 is 5.56 Å². The highest BCUT2D eigenvalue weighted by atomic mass is 16.5. The summed E-state index contributed by atoms with van der Waals surface area (Å²) in [6, 6.07) is 5.44. The molecule has 1 fully saturated rings. The van der Waals surface area contributed by atoms with Crippen molar-refractivity contribution in [2.24, 2.45) is 0 Å². The smallest absolute Gasteiger partial charge is 0.250 e. The van der Waals surface area contributed by atoms with Crippen molar-refractivity contribution in [3.05, 3.63) is 34.7 Å².